The van der Waals surface area contributed by atoms with Gasteiger partial charge in [0.25, 0.3) is 6.71 Å². The highest BCUT2D eigenvalue weighted by atomic mass is 32.1. The highest BCUT2D eigenvalue weighted by molar-refractivity contribution is 7.33. The lowest BCUT2D eigenvalue weighted by atomic mass is 9.36. The number of hydrogen-bond acceptors (Lipinski definition) is 3. The van der Waals surface area contributed by atoms with Gasteiger partial charge in [-0.1, -0.05) is 145 Å². The van der Waals surface area contributed by atoms with Gasteiger partial charge in [-0.05, 0) is 144 Å². The van der Waals surface area contributed by atoms with Gasteiger partial charge in [0.05, 0.1) is 5.69 Å². The molecular weight excluding hydrogens is 768 g/mol. The summed E-state index contributed by atoms with van der Waals surface area (Å²) in [4.78, 5) is 5.15. The molecule has 2 nitrogen and oxygen atoms in total. The van der Waals surface area contributed by atoms with Gasteiger partial charge in [0.2, 0.25) is 0 Å². The maximum absolute atomic E-state index is 2.60. The quantitative estimate of drug-likeness (QED) is 0.127. The summed E-state index contributed by atoms with van der Waals surface area (Å²) >= 11 is 1.96. The summed E-state index contributed by atoms with van der Waals surface area (Å²) in [5.74, 6) is 0. The van der Waals surface area contributed by atoms with Crippen molar-refractivity contribution in [3.8, 4) is 0 Å². The summed E-state index contributed by atoms with van der Waals surface area (Å²) < 4.78 is 2.72. The average molecular weight is 805 g/mol. The molecule has 0 saturated carbocycles. The molecule has 4 heteroatoms. The molecule has 1 aromatic heterocycles. The largest absolute Gasteiger partial charge is 0.311 e. The van der Waals surface area contributed by atoms with Gasteiger partial charge in [-0.25, -0.2) is 0 Å². The summed E-state index contributed by atoms with van der Waals surface area (Å²) in [6.45, 7) is 4.54. The standard InChI is InChI=1S/C58H37BN2S/c1-34-23-29-55-50(30-34)57-58(62-55)59-51-31-35(2)22-28-52(51)60(36-24-26-46-42-16-5-3-12-38(42)40-14-7-9-18-44(40)48(46)32-36)53-20-11-21-54(56(53)59)61(57)37-25-27-47-43-17-6-4-13-39(43)41-15-8-10-19-45(41)49(47)33-37/h3-33H,1-2H3. The highest BCUT2D eigenvalue weighted by Crippen LogP contribution is 2.50. The second-order valence-electron chi connectivity index (χ2n) is 17.3. The van der Waals surface area contributed by atoms with Crippen LogP contribution in [0.4, 0.5) is 34.1 Å². The minimum absolute atomic E-state index is 0.0757. The van der Waals surface area contributed by atoms with Crippen LogP contribution < -0.4 is 25.5 Å². The summed E-state index contributed by atoms with van der Waals surface area (Å²) in [6, 6.07) is 71.1. The molecule has 0 atom stereocenters. The van der Waals surface area contributed by atoms with Crippen molar-refractivity contribution < 1.29 is 0 Å². The number of rotatable bonds is 2. The molecule has 288 valence electrons. The van der Waals surface area contributed by atoms with Gasteiger partial charge < -0.3 is 9.80 Å². The van der Waals surface area contributed by atoms with E-state index in [2.05, 4.69) is 212 Å². The number of fused-ring (bicyclic) bond motifs is 18. The summed E-state index contributed by atoms with van der Waals surface area (Å²) in [5, 5.41) is 16.8. The van der Waals surface area contributed by atoms with Crippen LogP contribution in [0.1, 0.15) is 11.1 Å². The third-order valence-corrected chi connectivity index (χ3v) is 15.1. The lowest BCUT2D eigenvalue weighted by Crippen LogP contribution is -2.60. The van der Waals surface area contributed by atoms with E-state index in [1.807, 2.05) is 11.3 Å². The first kappa shape index (κ1) is 34.3. The molecule has 0 fully saturated rings. The molecule has 0 radical (unpaired) electrons. The maximum atomic E-state index is 2.60. The fourth-order valence-electron chi connectivity index (χ4n) is 11.3. The number of aryl methyl sites for hydroxylation is 2. The zero-order valence-electron chi connectivity index (χ0n) is 34.3. The molecule has 11 aromatic carbocycles. The van der Waals surface area contributed by atoms with E-state index in [0.29, 0.717) is 0 Å². The minimum atomic E-state index is 0.0757. The van der Waals surface area contributed by atoms with Crippen LogP contribution in [0.15, 0.2) is 188 Å². The van der Waals surface area contributed by atoms with Gasteiger partial charge in [-0.2, -0.15) is 0 Å². The third kappa shape index (κ3) is 4.60. The van der Waals surface area contributed by atoms with Crippen molar-refractivity contribution >= 4 is 143 Å². The van der Waals surface area contributed by atoms with Crippen LogP contribution in [0.2, 0.25) is 0 Å². The summed E-state index contributed by atoms with van der Waals surface area (Å²) in [6.07, 6.45) is 0. The molecule has 62 heavy (non-hydrogen) atoms. The lowest BCUT2D eigenvalue weighted by molar-refractivity contribution is 1.26. The average Bonchev–Trinajstić information content (AvgIpc) is 3.69. The molecule has 0 aliphatic carbocycles. The minimum Gasteiger partial charge on any atom is -0.311 e. The van der Waals surface area contributed by atoms with Crippen LogP contribution in [-0.4, -0.2) is 6.71 Å². The molecule has 3 heterocycles. The van der Waals surface area contributed by atoms with Crippen LogP contribution in [0.5, 0.6) is 0 Å². The van der Waals surface area contributed by atoms with Crippen molar-refractivity contribution in [2.75, 3.05) is 9.80 Å². The maximum Gasteiger partial charge on any atom is 0.264 e. The van der Waals surface area contributed by atoms with Gasteiger partial charge in [0.1, 0.15) is 0 Å². The fraction of sp³-hybridized carbons (Fsp3) is 0.0345. The Morgan fingerprint density at radius 3 is 1.35 bits per heavy atom. The first-order valence-corrected chi connectivity index (χ1v) is 22.4. The van der Waals surface area contributed by atoms with E-state index in [0.717, 1.165) is 0 Å². The molecule has 0 spiro atoms. The van der Waals surface area contributed by atoms with Gasteiger partial charge >= 0.3 is 0 Å². The molecule has 0 amide bonds. The van der Waals surface area contributed by atoms with Gasteiger partial charge in [0, 0.05) is 43.3 Å². The third-order valence-electron chi connectivity index (χ3n) is 13.9. The van der Waals surface area contributed by atoms with Crippen LogP contribution in [-0.2, 0) is 0 Å². The smallest absolute Gasteiger partial charge is 0.264 e. The SMILES string of the molecule is Cc1ccc2c(c1)B1c3sc4ccc(C)cc4c3N(c3ccc4c5ccccc5c5ccccc5c4c3)c3cccc(c31)N2c1ccc2c3ccccc3c3ccccc3c2c1. The monoisotopic (exact) mass is 804 g/mol. The van der Waals surface area contributed by atoms with E-state index in [1.165, 1.54) is 136 Å². The molecular formula is C58H37BN2S. The second-order valence-corrected chi connectivity index (χ2v) is 18.4. The Balaban J connectivity index is 1.07. The van der Waals surface area contributed by atoms with Gasteiger partial charge in [-0.15, -0.1) is 11.3 Å². The summed E-state index contributed by atoms with van der Waals surface area (Å²) in [5.41, 5.74) is 12.6. The van der Waals surface area contributed by atoms with Crippen LogP contribution in [0, 0.1) is 13.8 Å². The van der Waals surface area contributed by atoms with Gasteiger partial charge in [0.15, 0.2) is 0 Å². The molecule has 12 aromatic rings. The molecule has 0 bridgehead atoms. The second kappa shape index (κ2) is 12.6. The zero-order valence-corrected chi connectivity index (χ0v) is 35.1. The fourth-order valence-corrected chi connectivity index (χ4v) is 12.6. The van der Waals surface area contributed by atoms with Crippen molar-refractivity contribution in [2.45, 2.75) is 13.8 Å². The van der Waals surface area contributed by atoms with E-state index in [-0.39, 0.29) is 6.71 Å². The van der Waals surface area contributed by atoms with E-state index in [9.17, 15) is 0 Å². The molecule has 0 N–H and O–H groups in total. The molecule has 2 aliphatic heterocycles. The van der Waals surface area contributed by atoms with Gasteiger partial charge in [-0.3, -0.25) is 0 Å². The highest BCUT2D eigenvalue weighted by Gasteiger charge is 2.45. The number of benzene rings is 11. The molecule has 2 aliphatic rings. The van der Waals surface area contributed by atoms with Crippen LogP contribution >= 0.6 is 11.3 Å². The van der Waals surface area contributed by atoms with E-state index in [1.54, 1.807) is 0 Å². The Morgan fingerprint density at radius 1 is 0.355 bits per heavy atom. The Morgan fingerprint density at radius 2 is 0.806 bits per heavy atom. The molecule has 0 unspecified atom stereocenters. The van der Waals surface area contributed by atoms with E-state index < -0.39 is 0 Å². The van der Waals surface area contributed by atoms with Crippen molar-refractivity contribution in [2.24, 2.45) is 0 Å². The number of thiophene rings is 1. The predicted octanol–water partition coefficient (Wildman–Crippen LogP) is 14.5. The number of hydrogen-bond donors (Lipinski definition) is 0. The number of nitrogens with zero attached hydrogens (tertiary/aromatic N) is 2. The normalized spacial score (nSPS) is 13.2. The Hall–Kier alpha value is -7.40. The lowest BCUT2D eigenvalue weighted by Gasteiger charge is -2.43. The summed E-state index contributed by atoms with van der Waals surface area (Å²) in [7, 11) is 0. The van der Waals surface area contributed by atoms with Crippen molar-refractivity contribution in [1.29, 1.82) is 0 Å². The molecule has 0 saturated heterocycles. The number of anilines is 6. The van der Waals surface area contributed by atoms with E-state index in [4.69, 9.17) is 0 Å². The van der Waals surface area contributed by atoms with Crippen molar-refractivity contribution in [3.05, 3.63) is 199 Å². The van der Waals surface area contributed by atoms with Crippen molar-refractivity contribution in [3.63, 3.8) is 0 Å². The Bertz CT molecular complexity index is 3870. The molecule has 14 rings (SSSR count). The van der Waals surface area contributed by atoms with Crippen LogP contribution in [0.3, 0.4) is 0 Å². The first-order valence-electron chi connectivity index (χ1n) is 21.6. The van der Waals surface area contributed by atoms with Crippen molar-refractivity contribution in [1.82, 2.24) is 0 Å². The first-order chi connectivity index (χ1) is 30.6. The topological polar surface area (TPSA) is 6.48 Å². The Labute approximate surface area is 363 Å². The Kier molecular flexibility index (Phi) is 6.96. The van der Waals surface area contributed by atoms with E-state index >= 15 is 0 Å². The van der Waals surface area contributed by atoms with Crippen LogP contribution in [0.25, 0.3) is 74.7 Å². The predicted molar refractivity (Wildman–Crippen MR) is 270 cm³/mol. The zero-order chi connectivity index (χ0) is 40.8.